The van der Waals surface area contributed by atoms with Crippen molar-refractivity contribution in [2.45, 2.75) is 89.6 Å². The van der Waals surface area contributed by atoms with Gasteiger partial charge in [-0.25, -0.2) is 4.98 Å². The van der Waals surface area contributed by atoms with Gasteiger partial charge in [-0.3, -0.25) is 0 Å². The molecular formula is C18H31N3. The Morgan fingerprint density at radius 3 is 2.43 bits per heavy atom. The highest BCUT2D eigenvalue weighted by molar-refractivity contribution is 5.29. The van der Waals surface area contributed by atoms with Crippen molar-refractivity contribution in [1.82, 2.24) is 9.55 Å². The van der Waals surface area contributed by atoms with Crippen LogP contribution in [0.4, 0.5) is 5.95 Å². The zero-order valence-corrected chi connectivity index (χ0v) is 13.6. The highest BCUT2D eigenvalue weighted by Gasteiger charge is 2.24. The van der Waals surface area contributed by atoms with Gasteiger partial charge >= 0.3 is 0 Å². The molecule has 0 radical (unpaired) electrons. The van der Waals surface area contributed by atoms with E-state index in [9.17, 15) is 0 Å². The molecule has 0 aromatic carbocycles. The molecule has 2 saturated carbocycles. The van der Waals surface area contributed by atoms with E-state index in [-0.39, 0.29) is 0 Å². The maximum atomic E-state index is 4.63. The fraction of sp³-hybridized carbons (Fsp3) is 0.833. The molecule has 3 nitrogen and oxygen atoms in total. The number of nitrogens with one attached hydrogen (secondary N) is 1. The quantitative estimate of drug-likeness (QED) is 0.811. The van der Waals surface area contributed by atoms with Gasteiger partial charge in [-0.1, -0.05) is 45.4 Å². The van der Waals surface area contributed by atoms with E-state index in [1.807, 2.05) is 6.20 Å². The van der Waals surface area contributed by atoms with Crippen molar-refractivity contribution < 1.29 is 0 Å². The maximum absolute atomic E-state index is 4.63. The van der Waals surface area contributed by atoms with E-state index < -0.39 is 0 Å². The first-order valence-corrected chi connectivity index (χ1v) is 9.18. The third kappa shape index (κ3) is 3.61. The summed E-state index contributed by atoms with van der Waals surface area (Å²) in [6.45, 7) is 2.32. The average molecular weight is 289 g/mol. The second-order valence-electron chi connectivity index (χ2n) is 7.01. The first-order valence-electron chi connectivity index (χ1n) is 9.18. The molecule has 1 heterocycles. The van der Waals surface area contributed by atoms with Crippen LogP contribution in [0.25, 0.3) is 0 Å². The maximum Gasteiger partial charge on any atom is 0.203 e. The highest BCUT2D eigenvalue weighted by Crippen LogP contribution is 2.32. The Morgan fingerprint density at radius 1 is 1.10 bits per heavy atom. The molecule has 1 atom stereocenters. The van der Waals surface area contributed by atoms with Crippen LogP contribution in [0.2, 0.25) is 0 Å². The van der Waals surface area contributed by atoms with Gasteiger partial charge < -0.3 is 9.88 Å². The molecule has 0 saturated heterocycles. The summed E-state index contributed by atoms with van der Waals surface area (Å²) in [6, 6.07) is 1.28. The largest absolute Gasteiger partial charge is 0.353 e. The van der Waals surface area contributed by atoms with E-state index in [2.05, 4.69) is 28.0 Å². The molecule has 21 heavy (non-hydrogen) atoms. The average Bonchev–Trinajstić information content (AvgIpc) is 3.02. The number of nitrogens with zero attached hydrogens (tertiary/aromatic N) is 2. The van der Waals surface area contributed by atoms with Crippen molar-refractivity contribution in [3.8, 4) is 0 Å². The molecule has 1 aromatic rings. The van der Waals surface area contributed by atoms with Gasteiger partial charge in [0.2, 0.25) is 5.95 Å². The third-order valence-corrected chi connectivity index (χ3v) is 5.61. The van der Waals surface area contributed by atoms with Gasteiger partial charge in [-0.15, -0.1) is 0 Å². The number of hydrogen-bond acceptors (Lipinski definition) is 2. The molecule has 0 amide bonds. The minimum absolute atomic E-state index is 0.607. The number of rotatable bonds is 5. The molecule has 1 N–H and O–H groups in total. The fourth-order valence-corrected chi connectivity index (χ4v) is 4.33. The minimum Gasteiger partial charge on any atom is -0.353 e. The van der Waals surface area contributed by atoms with E-state index >= 15 is 0 Å². The van der Waals surface area contributed by atoms with Gasteiger partial charge in [0.1, 0.15) is 0 Å². The van der Waals surface area contributed by atoms with Gasteiger partial charge in [0.15, 0.2) is 0 Å². The van der Waals surface area contributed by atoms with Crippen LogP contribution in [-0.4, -0.2) is 15.6 Å². The SMILES string of the molecule is CCC(Nc1nccn1C1CCCCC1)C1CCCCC1. The molecular weight excluding hydrogens is 258 g/mol. The summed E-state index contributed by atoms with van der Waals surface area (Å²) in [5.74, 6) is 1.97. The molecule has 3 heteroatoms. The smallest absolute Gasteiger partial charge is 0.203 e. The Morgan fingerprint density at radius 2 is 1.76 bits per heavy atom. The van der Waals surface area contributed by atoms with Crippen LogP contribution in [-0.2, 0) is 0 Å². The van der Waals surface area contributed by atoms with E-state index in [0.717, 1.165) is 11.9 Å². The van der Waals surface area contributed by atoms with Crippen LogP contribution in [0.15, 0.2) is 12.4 Å². The molecule has 1 unspecified atom stereocenters. The Balaban J connectivity index is 1.66. The monoisotopic (exact) mass is 289 g/mol. The van der Waals surface area contributed by atoms with Crippen molar-refractivity contribution in [1.29, 1.82) is 0 Å². The van der Waals surface area contributed by atoms with Crippen molar-refractivity contribution in [3.63, 3.8) is 0 Å². The summed E-state index contributed by atoms with van der Waals surface area (Å²) < 4.78 is 2.42. The van der Waals surface area contributed by atoms with Crippen molar-refractivity contribution in [2.75, 3.05) is 5.32 Å². The van der Waals surface area contributed by atoms with E-state index in [1.54, 1.807) is 0 Å². The summed E-state index contributed by atoms with van der Waals surface area (Å²) in [5.41, 5.74) is 0. The molecule has 2 aliphatic rings. The molecule has 1 aromatic heterocycles. The van der Waals surface area contributed by atoms with Crippen LogP contribution < -0.4 is 5.32 Å². The first kappa shape index (κ1) is 14.9. The predicted octanol–water partition coefficient (Wildman–Crippen LogP) is 5.16. The minimum atomic E-state index is 0.607. The lowest BCUT2D eigenvalue weighted by Crippen LogP contribution is -2.31. The van der Waals surface area contributed by atoms with Gasteiger partial charge in [-0.2, -0.15) is 0 Å². The van der Waals surface area contributed by atoms with Gasteiger partial charge in [0, 0.05) is 24.5 Å². The van der Waals surface area contributed by atoms with Crippen LogP contribution in [0.5, 0.6) is 0 Å². The summed E-state index contributed by atoms with van der Waals surface area (Å²) in [5, 5.41) is 3.80. The fourth-order valence-electron chi connectivity index (χ4n) is 4.33. The molecule has 0 spiro atoms. The Kier molecular flexibility index (Phi) is 5.21. The summed E-state index contributed by atoms with van der Waals surface area (Å²) in [4.78, 5) is 4.63. The molecule has 3 rings (SSSR count). The Labute approximate surface area is 129 Å². The van der Waals surface area contributed by atoms with Crippen LogP contribution in [0, 0.1) is 5.92 Å². The lowest BCUT2D eigenvalue weighted by atomic mass is 9.83. The van der Waals surface area contributed by atoms with Crippen LogP contribution >= 0.6 is 0 Å². The molecule has 2 fully saturated rings. The second kappa shape index (κ2) is 7.33. The van der Waals surface area contributed by atoms with Crippen LogP contribution in [0.3, 0.4) is 0 Å². The Bertz CT molecular complexity index is 414. The van der Waals surface area contributed by atoms with Crippen LogP contribution in [0.1, 0.15) is 83.6 Å². The number of imidazole rings is 1. The molecule has 118 valence electrons. The number of aromatic nitrogens is 2. The third-order valence-electron chi connectivity index (χ3n) is 5.61. The van der Waals surface area contributed by atoms with E-state index in [1.165, 1.54) is 70.6 Å². The van der Waals surface area contributed by atoms with E-state index in [0.29, 0.717) is 12.1 Å². The summed E-state index contributed by atoms with van der Waals surface area (Å²) >= 11 is 0. The normalized spacial score (nSPS) is 23.1. The van der Waals surface area contributed by atoms with Crippen molar-refractivity contribution in [3.05, 3.63) is 12.4 Å². The van der Waals surface area contributed by atoms with Gasteiger partial charge in [0.05, 0.1) is 0 Å². The van der Waals surface area contributed by atoms with Gasteiger partial charge in [0.25, 0.3) is 0 Å². The summed E-state index contributed by atoms with van der Waals surface area (Å²) in [7, 11) is 0. The van der Waals surface area contributed by atoms with Gasteiger partial charge in [-0.05, 0) is 38.0 Å². The molecule has 0 aliphatic heterocycles. The number of anilines is 1. The predicted molar refractivity (Wildman–Crippen MR) is 88.6 cm³/mol. The zero-order valence-electron chi connectivity index (χ0n) is 13.6. The molecule has 2 aliphatic carbocycles. The summed E-state index contributed by atoms with van der Waals surface area (Å²) in [6.07, 6.45) is 19.3. The highest BCUT2D eigenvalue weighted by atomic mass is 15.2. The standard InChI is InChI=1S/C18H31N3/c1-2-17(15-9-5-3-6-10-15)20-18-19-13-14-21(18)16-11-7-4-8-12-16/h13-17H,2-12H2,1H3,(H,19,20). The molecule has 0 bridgehead atoms. The second-order valence-corrected chi connectivity index (χ2v) is 7.01. The lowest BCUT2D eigenvalue weighted by molar-refractivity contribution is 0.308. The topological polar surface area (TPSA) is 29.9 Å². The Hall–Kier alpha value is -0.990. The first-order chi connectivity index (χ1) is 10.4. The van der Waals surface area contributed by atoms with E-state index in [4.69, 9.17) is 0 Å². The number of hydrogen-bond donors (Lipinski definition) is 1. The zero-order chi connectivity index (χ0) is 14.5. The van der Waals surface area contributed by atoms with Crippen molar-refractivity contribution in [2.24, 2.45) is 5.92 Å². The lowest BCUT2D eigenvalue weighted by Gasteiger charge is -2.32. The van der Waals surface area contributed by atoms with Crippen molar-refractivity contribution >= 4 is 5.95 Å².